The number of ether oxygens (including phenoxy) is 2. The molecule has 2 heterocycles. The van der Waals surface area contributed by atoms with Crippen LogP contribution in [0.4, 0.5) is 11.4 Å². The molecule has 7 rings (SSSR count). The number of rotatable bonds is 10. The SMILES string of the molecule is CN(C)c1ccc(N2C(=O)C(Oc3ccccc3)C2c2ccc(OCCCN3C(=O)c4cccc5cccc(c45)C3=O)cc2)cc1. The highest BCUT2D eigenvalue weighted by molar-refractivity contribution is 6.25. The summed E-state index contributed by atoms with van der Waals surface area (Å²) in [4.78, 5) is 44.9. The number of β-lactam (4-membered cyclic amide) rings is 1. The summed E-state index contributed by atoms with van der Waals surface area (Å²) in [6.45, 7) is 0.582. The summed E-state index contributed by atoms with van der Waals surface area (Å²) < 4.78 is 12.2. The lowest BCUT2D eigenvalue weighted by molar-refractivity contribution is -0.135. The number of benzene rings is 5. The Morgan fingerprint density at radius 2 is 1.35 bits per heavy atom. The average molecular weight is 612 g/mol. The Balaban J connectivity index is 1.02. The zero-order chi connectivity index (χ0) is 31.8. The molecule has 8 heteroatoms. The third kappa shape index (κ3) is 5.21. The molecule has 230 valence electrons. The first-order valence-corrected chi connectivity index (χ1v) is 15.3. The second-order valence-corrected chi connectivity index (χ2v) is 11.7. The van der Waals surface area contributed by atoms with Crippen molar-refractivity contribution in [3.8, 4) is 11.5 Å². The molecule has 0 aliphatic carbocycles. The van der Waals surface area contributed by atoms with Gasteiger partial charge in [-0.05, 0) is 78.0 Å². The smallest absolute Gasteiger partial charge is 0.271 e. The number of para-hydroxylation sites is 1. The van der Waals surface area contributed by atoms with Gasteiger partial charge in [-0.15, -0.1) is 0 Å². The van der Waals surface area contributed by atoms with Crippen LogP contribution in [0.3, 0.4) is 0 Å². The number of hydrogen-bond donors (Lipinski definition) is 0. The molecule has 0 saturated carbocycles. The Hall–Kier alpha value is -5.63. The third-order valence-corrected chi connectivity index (χ3v) is 8.57. The van der Waals surface area contributed by atoms with Crippen molar-refractivity contribution in [2.24, 2.45) is 0 Å². The Labute approximate surface area is 267 Å². The molecule has 1 fully saturated rings. The van der Waals surface area contributed by atoms with Crippen molar-refractivity contribution in [1.82, 2.24) is 4.90 Å². The Bertz CT molecular complexity index is 1870. The minimum absolute atomic E-state index is 0.104. The van der Waals surface area contributed by atoms with Crippen LogP contribution in [-0.4, -0.2) is 56.0 Å². The van der Waals surface area contributed by atoms with Gasteiger partial charge < -0.3 is 14.4 Å². The monoisotopic (exact) mass is 611 g/mol. The molecule has 0 bridgehead atoms. The molecule has 0 aromatic heterocycles. The van der Waals surface area contributed by atoms with E-state index >= 15 is 0 Å². The van der Waals surface area contributed by atoms with Gasteiger partial charge in [0, 0.05) is 48.5 Å². The van der Waals surface area contributed by atoms with Gasteiger partial charge in [-0.2, -0.15) is 0 Å². The van der Waals surface area contributed by atoms with E-state index in [2.05, 4.69) is 0 Å². The van der Waals surface area contributed by atoms with Crippen LogP contribution in [0.2, 0.25) is 0 Å². The average Bonchev–Trinajstić information content (AvgIpc) is 3.09. The topological polar surface area (TPSA) is 79.4 Å². The van der Waals surface area contributed by atoms with E-state index in [1.54, 1.807) is 17.0 Å². The van der Waals surface area contributed by atoms with Gasteiger partial charge >= 0.3 is 0 Å². The van der Waals surface area contributed by atoms with Crippen molar-refractivity contribution in [2.45, 2.75) is 18.6 Å². The van der Waals surface area contributed by atoms with E-state index < -0.39 is 6.10 Å². The highest BCUT2D eigenvalue weighted by Gasteiger charge is 2.51. The van der Waals surface area contributed by atoms with Gasteiger partial charge in [-0.25, -0.2) is 0 Å². The van der Waals surface area contributed by atoms with Gasteiger partial charge in [0.15, 0.2) is 0 Å². The number of amides is 3. The molecule has 0 radical (unpaired) electrons. The van der Waals surface area contributed by atoms with Crippen molar-refractivity contribution in [3.05, 3.63) is 132 Å². The van der Waals surface area contributed by atoms with E-state index in [9.17, 15) is 14.4 Å². The normalized spacial score (nSPS) is 17.2. The number of carbonyl (C=O) groups is 3. The lowest BCUT2D eigenvalue weighted by Gasteiger charge is -2.46. The number of anilines is 2. The maximum atomic E-state index is 13.4. The van der Waals surface area contributed by atoms with Crippen LogP contribution < -0.4 is 19.3 Å². The minimum Gasteiger partial charge on any atom is -0.494 e. The minimum atomic E-state index is -0.668. The fraction of sp³-hybridized carbons (Fsp3) is 0.184. The van der Waals surface area contributed by atoms with E-state index in [1.165, 1.54) is 4.90 Å². The highest BCUT2D eigenvalue weighted by atomic mass is 16.5. The summed E-state index contributed by atoms with van der Waals surface area (Å²) in [7, 11) is 3.96. The first kappa shape index (κ1) is 29.1. The maximum absolute atomic E-state index is 13.4. The molecule has 2 atom stereocenters. The van der Waals surface area contributed by atoms with E-state index in [4.69, 9.17) is 9.47 Å². The maximum Gasteiger partial charge on any atom is 0.271 e. The highest BCUT2D eigenvalue weighted by Crippen LogP contribution is 2.42. The van der Waals surface area contributed by atoms with Crippen LogP contribution in [0, 0.1) is 0 Å². The van der Waals surface area contributed by atoms with Crippen LogP contribution >= 0.6 is 0 Å². The van der Waals surface area contributed by atoms with Crippen molar-refractivity contribution in [3.63, 3.8) is 0 Å². The Morgan fingerprint density at radius 1 is 0.696 bits per heavy atom. The van der Waals surface area contributed by atoms with Crippen molar-refractivity contribution in [1.29, 1.82) is 0 Å². The number of nitrogens with zero attached hydrogens (tertiary/aromatic N) is 3. The van der Waals surface area contributed by atoms with Crippen LogP contribution in [0.25, 0.3) is 10.8 Å². The predicted molar refractivity (Wildman–Crippen MR) is 178 cm³/mol. The summed E-state index contributed by atoms with van der Waals surface area (Å²) in [5, 5.41) is 1.61. The molecule has 46 heavy (non-hydrogen) atoms. The van der Waals surface area contributed by atoms with Crippen LogP contribution in [0.1, 0.15) is 38.7 Å². The van der Waals surface area contributed by atoms with E-state index in [-0.39, 0.29) is 30.3 Å². The summed E-state index contributed by atoms with van der Waals surface area (Å²) in [6.07, 6.45) is -0.184. The molecule has 2 unspecified atom stereocenters. The van der Waals surface area contributed by atoms with E-state index in [1.807, 2.05) is 122 Å². The first-order valence-electron chi connectivity index (χ1n) is 15.3. The lowest BCUT2D eigenvalue weighted by atomic mass is 9.89. The second-order valence-electron chi connectivity index (χ2n) is 11.7. The Morgan fingerprint density at radius 3 is 1.98 bits per heavy atom. The lowest BCUT2D eigenvalue weighted by Crippen LogP contribution is -2.61. The van der Waals surface area contributed by atoms with Gasteiger partial charge in [-0.3, -0.25) is 24.2 Å². The summed E-state index contributed by atoms with van der Waals surface area (Å²) in [6, 6.07) is 35.6. The zero-order valence-corrected chi connectivity index (χ0v) is 25.6. The first-order chi connectivity index (χ1) is 22.4. The molecule has 5 aromatic rings. The number of carbonyl (C=O) groups excluding carboxylic acids is 3. The predicted octanol–water partition coefficient (Wildman–Crippen LogP) is 6.51. The van der Waals surface area contributed by atoms with Crippen LogP contribution in [-0.2, 0) is 4.79 Å². The van der Waals surface area contributed by atoms with E-state index in [0.29, 0.717) is 35.7 Å². The standard InChI is InChI=1S/C38H33N3O5/c1-39(2)27-17-19-28(20-18-27)41-34(35(38(41)44)46-30-11-4-3-5-12-30)26-15-21-29(22-16-26)45-24-8-23-40-36(42)31-13-6-9-25-10-7-14-32(33(25)31)37(40)43/h3-7,9-22,34-35H,8,23-24H2,1-2H3. The third-order valence-electron chi connectivity index (χ3n) is 8.57. The molecular formula is C38H33N3O5. The number of imide groups is 1. The molecule has 0 N–H and O–H groups in total. The second kappa shape index (κ2) is 12.0. The van der Waals surface area contributed by atoms with Gasteiger partial charge in [0.1, 0.15) is 17.5 Å². The van der Waals surface area contributed by atoms with E-state index in [0.717, 1.165) is 27.7 Å². The number of hydrogen-bond acceptors (Lipinski definition) is 6. The summed E-state index contributed by atoms with van der Waals surface area (Å²) >= 11 is 0. The molecule has 5 aromatic carbocycles. The summed E-state index contributed by atoms with van der Waals surface area (Å²) in [5.41, 5.74) is 3.87. The Kier molecular flexibility index (Phi) is 7.62. The molecule has 2 aliphatic rings. The van der Waals surface area contributed by atoms with Gasteiger partial charge in [0.05, 0.1) is 6.61 Å². The van der Waals surface area contributed by atoms with Crippen LogP contribution in [0.5, 0.6) is 11.5 Å². The molecule has 0 spiro atoms. The molecule has 2 aliphatic heterocycles. The quantitative estimate of drug-likeness (QED) is 0.102. The van der Waals surface area contributed by atoms with Crippen molar-refractivity contribution in [2.75, 3.05) is 37.0 Å². The molecule has 8 nitrogen and oxygen atoms in total. The zero-order valence-electron chi connectivity index (χ0n) is 25.6. The molecular weight excluding hydrogens is 578 g/mol. The van der Waals surface area contributed by atoms with Gasteiger partial charge in [-0.1, -0.05) is 54.6 Å². The fourth-order valence-corrected chi connectivity index (χ4v) is 6.20. The van der Waals surface area contributed by atoms with Crippen molar-refractivity contribution < 1.29 is 23.9 Å². The van der Waals surface area contributed by atoms with Gasteiger partial charge in [0.2, 0.25) is 6.10 Å². The van der Waals surface area contributed by atoms with Crippen molar-refractivity contribution >= 4 is 39.9 Å². The molecule has 3 amide bonds. The molecule has 1 saturated heterocycles. The largest absolute Gasteiger partial charge is 0.494 e. The fourth-order valence-electron chi connectivity index (χ4n) is 6.20. The summed E-state index contributed by atoms with van der Waals surface area (Å²) in [5.74, 6) is 0.638. The van der Waals surface area contributed by atoms with Gasteiger partial charge in [0.25, 0.3) is 17.7 Å². The van der Waals surface area contributed by atoms with Crippen LogP contribution in [0.15, 0.2) is 115 Å².